The van der Waals surface area contributed by atoms with E-state index in [2.05, 4.69) is 10.2 Å². The molecule has 1 saturated heterocycles. The van der Waals surface area contributed by atoms with Crippen LogP contribution >= 0.6 is 0 Å². The number of hydrogen-bond donors (Lipinski definition) is 1. The van der Waals surface area contributed by atoms with E-state index in [-0.39, 0.29) is 11.9 Å². The lowest BCUT2D eigenvalue weighted by atomic mass is 10.1. The van der Waals surface area contributed by atoms with Crippen LogP contribution in [0.5, 0.6) is 0 Å². The summed E-state index contributed by atoms with van der Waals surface area (Å²) in [6, 6.07) is 0.842. The highest BCUT2D eigenvalue weighted by Gasteiger charge is 2.34. The summed E-state index contributed by atoms with van der Waals surface area (Å²) >= 11 is 0. The fourth-order valence-electron chi connectivity index (χ4n) is 3.04. The first-order chi connectivity index (χ1) is 9.15. The second-order valence-electron chi connectivity index (χ2n) is 6.02. The van der Waals surface area contributed by atoms with Gasteiger partial charge in [-0.3, -0.25) is 4.79 Å². The van der Waals surface area contributed by atoms with Gasteiger partial charge in [0.15, 0.2) is 0 Å². The van der Waals surface area contributed by atoms with Crippen LogP contribution in [-0.4, -0.2) is 60.5 Å². The molecule has 2 rings (SSSR count). The van der Waals surface area contributed by atoms with Gasteiger partial charge in [-0.05, 0) is 59.0 Å². The van der Waals surface area contributed by atoms with Crippen molar-refractivity contribution in [1.29, 1.82) is 0 Å². The summed E-state index contributed by atoms with van der Waals surface area (Å²) in [5.74, 6) is 0.967. The van der Waals surface area contributed by atoms with E-state index >= 15 is 0 Å². The largest absolute Gasteiger partial charge is 0.342 e. The maximum Gasteiger partial charge on any atom is 0.239 e. The molecule has 0 aromatic heterocycles. The summed E-state index contributed by atoms with van der Waals surface area (Å²) < 4.78 is 0. The minimum atomic E-state index is -0.0464. The molecule has 110 valence electrons. The summed E-state index contributed by atoms with van der Waals surface area (Å²) in [5, 5.41) is 3.44. The number of likely N-dealkylation sites (N-methyl/N-ethyl adjacent to an activating group) is 1. The molecule has 0 spiro atoms. The van der Waals surface area contributed by atoms with Crippen molar-refractivity contribution in [1.82, 2.24) is 15.1 Å². The molecule has 2 atom stereocenters. The molecule has 1 heterocycles. The quantitative estimate of drug-likeness (QED) is 0.755. The second-order valence-corrected chi connectivity index (χ2v) is 6.02. The van der Waals surface area contributed by atoms with Crippen molar-refractivity contribution < 1.29 is 4.79 Å². The zero-order chi connectivity index (χ0) is 13.8. The number of amides is 1. The maximum atomic E-state index is 12.1. The number of nitrogens with zero attached hydrogens (tertiary/aromatic N) is 2. The molecule has 4 nitrogen and oxygen atoms in total. The zero-order valence-electron chi connectivity index (χ0n) is 12.7. The molecule has 19 heavy (non-hydrogen) atoms. The Bertz CT molecular complexity index is 300. The van der Waals surface area contributed by atoms with Crippen molar-refractivity contribution in [2.24, 2.45) is 5.92 Å². The van der Waals surface area contributed by atoms with Crippen molar-refractivity contribution in [2.75, 3.05) is 32.7 Å². The van der Waals surface area contributed by atoms with Crippen molar-refractivity contribution >= 4 is 5.91 Å². The highest BCUT2D eigenvalue weighted by molar-refractivity contribution is 5.81. The fourth-order valence-corrected chi connectivity index (χ4v) is 3.04. The number of hydrogen-bond acceptors (Lipinski definition) is 3. The van der Waals surface area contributed by atoms with Crippen LogP contribution in [0, 0.1) is 5.92 Å². The van der Waals surface area contributed by atoms with E-state index in [0.29, 0.717) is 0 Å². The fraction of sp³-hybridized carbons (Fsp3) is 0.933. The first kappa shape index (κ1) is 14.8. The second kappa shape index (κ2) is 6.71. The van der Waals surface area contributed by atoms with E-state index in [1.807, 2.05) is 25.7 Å². The minimum absolute atomic E-state index is 0.0464. The molecule has 1 aliphatic heterocycles. The van der Waals surface area contributed by atoms with Crippen molar-refractivity contribution in [3.63, 3.8) is 0 Å². The van der Waals surface area contributed by atoms with E-state index in [4.69, 9.17) is 0 Å². The molecular weight excluding hydrogens is 238 g/mol. The molecule has 0 radical (unpaired) electrons. The lowest BCUT2D eigenvalue weighted by Crippen LogP contribution is -2.46. The third-order valence-electron chi connectivity index (χ3n) is 4.54. The molecule has 2 fully saturated rings. The van der Waals surface area contributed by atoms with Gasteiger partial charge in [-0.25, -0.2) is 0 Å². The first-order valence-corrected chi connectivity index (χ1v) is 7.91. The topological polar surface area (TPSA) is 35.6 Å². The van der Waals surface area contributed by atoms with Gasteiger partial charge >= 0.3 is 0 Å². The monoisotopic (exact) mass is 267 g/mol. The number of carbonyl (C=O) groups is 1. The van der Waals surface area contributed by atoms with E-state index < -0.39 is 0 Å². The smallest absolute Gasteiger partial charge is 0.239 e. The Morgan fingerprint density at radius 3 is 2.58 bits per heavy atom. The summed E-state index contributed by atoms with van der Waals surface area (Å²) in [6.45, 7) is 11.2. The summed E-state index contributed by atoms with van der Waals surface area (Å²) in [6.07, 6.45) is 4.09. The number of likely N-dealkylation sites (tertiary alicyclic amines) is 1. The van der Waals surface area contributed by atoms with Gasteiger partial charge in [0, 0.05) is 25.7 Å². The van der Waals surface area contributed by atoms with Crippen LogP contribution in [0.1, 0.15) is 40.0 Å². The van der Waals surface area contributed by atoms with Gasteiger partial charge in [0.05, 0.1) is 6.04 Å². The maximum absolute atomic E-state index is 12.1. The lowest BCUT2D eigenvalue weighted by Gasteiger charge is -2.24. The van der Waals surface area contributed by atoms with Crippen molar-refractivity contribution in [3.05, 3.63) is 0 Å². The molecule has 4 heteroatoms. The third-order valence-corrected chi connectivity index (χ3v) is 4.54. The van der Waals surface area contributed by atoms with Gasteiger partial charge in [0.2, 0.25) is 5.91 Å². The van der Waals surface area contributed by atoms with Crippen LogP contribution in [0.25, 0.3) is 0 Å². The Labute approximate surface area is 117 Å². The predicted molar refractivity (Wildman–Crippen MR) is 78.1 cm³/mol. The van der Waals surface area contributed by atoms with E-state index in [9.17, 15) is 4.79 Å². The summed E-state index contributed by atoms with van der Waals surface area (Å²) in [5.41, 5.74) is 0. The SMILES string of the molecule is CCN(CC)C(=O)C(C)NCC1CCN(C2CC2)C1. The van der Waals surface area contributed by atoms with Gasteiger partial charge in [-0.2, -0.15) is 0 Å². The van der Waals surface area contributed by atoms with Crippen LogP contribution in [0.15, 0.2) is 0 Å². The van der Waals surface area contributed by atoms with Gasteiger partial charge in [-0.1, -0.05) is 0 Å². The standard InChI is InChI=1S/C15H29N3O/c1-4-17(5-2)15(19)12(3)16-10-13-8-9-18(11-13)14-6-7-14/h12-14,16H,4-11H2,1-3H3. The Morgan fingerprint density at radius 1 is 1.32 bits per heavy atom. The summed E-state index contributed by atoms with van der Waals surface area (Å²) in [4.78, 5) is 16.7. The van der Waals surface area contributed by atoms with Gasteiger partial charge < -0.3 is 15.1 Å². The average molecular weight is 267 g/mol. The minimum Gasteiger partial charge on any atom is -0.342 e. The molecule has 1 aliphatic carbocycles. The van der Waals surface area contributed by atoms with E-state index in [0.717, 1.165) is 31.6 Å². The highest BCUT2D eigenvalue weighted by Crippen LogP contribution is 2.31. The Kier molecular flexibility index (Phi) is 5.22. The van der Waals surface area contributed by atoms with Crippen LogP contribution in [0.3, 0.4) is 0 Å². The first-order valence-electron chi connectivity index (χ1n) is 7.91. The Hall–Kier alpha value is -0.610. The van der Waals surface area contributed by atoms with Crippen LogP contribution in [0.4, 0.5) is 0 Å². The van der Waals surface area contributed by atoms with Gasteiger partial charge in [-0.15, -0.1) is 0 Å². The predicted octanol–water partition coefficient (Wildman–Crippen LogP) is 1.32. The third kappa shape index (κ3) is 3.93. The molecule has 0 bridgehead atoms. The molecule has 1 saturated carbocycles. The normalized spacial score (nSPS) is 25.5. The summed E-state index contributed by atoms with van der Waals surface area (Å²) in [7, 11) is 0. The van der Waals surface area contributed by atoms with E-state index in [1.165, 1.54) is 32.4 Å². The number of carbonyl (C=O) groups excluding carboxylic acids is 1. The number of rotatable bonds is 7. The van der Waals surface area contributed by atoms with Gasteiger partial charge in [0.1, 0.15) is 0 Å². The number of nitrogens with one attached hydrogen (secondary N) is 1. The molecule has 1 N–H and O–H groups in total. The Balaban J connectivity index is 1.68. The van der Waals surface area contributed by atoms with E-state index in [1.54, 1.807) is 0 Å². The van der Waals surface area contributed by atoms with Crippen molar-refractivity contribution in [3.8, 4) is 0 Å². The van der Waals surface area contributed by atoms with Crippen molar-refractivity contribution in [2.45, 2.75) is 52.1 Å². The highest BCUT2D eigenvalue weighted by atomic mass is 16.2. The molecule has 2 aliphatic rings. The van der Waals surface area contributed by atoms with Crippen LogP contribution < -0.4 is 5.32 Å². The zero-order valence-corrected chi connectivity index (χ0v) is 12.7. The average Bonchev–Trinajstić information content (AvgIpc) is 3.16. The van der Waals surface area contributed by atoms with Crippen LogP contribution in [-0.2, 0) is 4.79 Å². The van der Waals surface area contributed by atoms with Gasteiger partial charge in [0.25, 0.3) is 0 Å². The Morgan fingerprint density at radius 2 is 2.00 bits per heavy atom. The van der Waals surface area contributed by atoms with Crippen LogP contribution in [0.2, 0.25) is 0 Å². The molecule has 2 unspecified atom stereocenters. The molecule has 1 amide bonds. The lowest BCUT2D eigenvalue weighted by molar-refractivity contribution is -0.132. The molecule has 0 aromatic rings. The molecule has 0 aromatic carbocycles. The molecular formula is C15H29N3O.